The van der Waals surface area contributed by atoms with Crippen LogP contribution >= 0.6 is 0 Å². The van der Waals surface area contributed by atoms with Gasteiger partial charge in [-0.25, -0.2) is 4.98 Å². The van der Waals surface area contributed by atoms with Crippen molar-refractivity contribution in [3.05, 3.63) is 30.1 Å². The predicted molar refractivity (Wildman–Crippen MR) is 106 cm³/mol. The normalized spacial score (nSPS) is 14.9. The molecule has 1 fully saturated rings. The van der Waals surface area contributed by atoms with Crippen LogP contribution in [0.1, 0.15) is 57.7 Å². The van der Waals surface area contributed by atoms with Crippen molar-refractivity contribution in [1.29, 1.82) is 0 Å². The number of hydrogen-bond acceptors (Lipinski definition) is 3. The molecule has 0 bridgehead atoms. The number of carbonyl (C=O) groups excluding carboxylic acids is 2. The summed E-state index contributed by atoms with van der Waals surface area (Å²) in [6, 6.07) is 7.94. The molecule has 1 aliphatic rings. The van der Waals surface area contributed by atoms with E-state index in [1.807, 2.05) is 36.1 Å². The molecule has 1 aromatic heterocycles. The van der Waals surface area contributed by atoms with Crippen LogP contribution in [-0.2, 0) is 22.7 Å². The molecule has 0 radical (unpaired) electrons. The van der Waals surface area contributed by atoms with Crippen LogP contribution in [0, 0.1) is 0 Å². The SMILES string of the molecule is CCCC(=O)NCc1nc2ccccc2n1CCC(=O)N1CCCCCC1. The van der Waals surface area contributed by atoms with E-state index in [4.69, 9.17) is 0 Å². The first-order chi connectivity index (χ1) is 13.2. The Hall–Kier alpha value is -2.37. The summed E-state index contributed by atoms with van der Waals surface area (Å²) in [5.41, 5.74) is 1.92. The second kappa shape index (κ2) is 9.53. The van der Waals surface area contributed by atoms with Gasteiger partial charge < -0.3 is 14.8 Å². The second-order valence-electron chi connectivity index (χ2n) is 7.24. The molecule has 2 aromatic rings. The molecule has 6 nitrogen and oxygen atoms in total. The first-order valence-electron chi connectivity index (χ1n) is 10.2. The highest BCUT2D eigenvalue weighted by molar-refractivity contribution is 5.78. The number of aryl methyl sites for hydroxylation is 1. The van der Waals surface area contributed by atoms with Crippen LogP contribution in [0.4, 0.5) is 0 Å². The molecule has 0 aliphatic carbocycles. The van der Waals surface area contributed by atoms with Crippen LogP contribution in [-0.4, -0.2) is 39.4 Å². The summed E-state index contributed by atoms with van der Waals surface area (Å²) in [7, 11) is 0. The van der Waals surface area contributed by atoms with E-state index in [9.17, 15) is 9.59 Å². The molecule has 1 saturated heterocycles. The van der Waals surface area contributed by atoms with Crippen molar-refractivity contribution in [3.63, 3.8) is 0 Å². The summed E-state index contributed by atoms with van der Waals surface area (Å²) in [5, 5.41) is 2.94. The summed E-state index contributed by atoms with van der Waals surface area (Å²) in [6.07, 6.45) is 6.47. The van der Waals surface area contributed by atoms with Gasteiger partial charge in [-0.15, -0.1) is 0 Å². The largest absolute Gasteiger partial charge is 0.349 e. The van der Waals surface area contributed by atoms with Gasteiger partial charge in [0.1, 0.15) is 5.82 Å². The number of imidazole rings is 1. The fourth-order valence-electron chi connectivity index (χ4n) is 3.69. The number of para-hydroxylation sites is 2. The lowest BCUT2D eigenvalue weighted by Crippen LogP contribution is -2.32. The van der Waals surface area contributed by atoms with Gasteiger partial charge in [0.05, 0.1) is 17.6 Å². The van der Waals surface area contributed by atoms with Crippen molar-refractivity contribution in [2.24, 2.45) is 0 Å². The Bertz CT molecular complexity index is 776. The number of hydrogen-bond donors (Lipinski definition) is 1. The van der Waals surface area contributed by atoms with Crippen LogP contribution in [0.15, 0.2) is 24.3 Å². The van der Waals surface area contributed by atoms with E-state index < -0.39 is 0 Å². The zero-order valence-electron chi connectivity index (χ0n) is 16.2. The molecule has 2 amide bonds. The van der Waals surface area contributed by atoms with E-state index in [0.29, 0.717) is 25.9 Å². The van der Waals surface area contributed by atoms with E-state index in [1.54, 1.807) is 0 Å². The quantitative estimate of drug-likeness (QED) is 0.813. The van der Waals surface area contributed by atoms with Gasteiger partial charge in [-0.1, -0.05) is 31.9 Å². The number of carbonyl (C=O) groups is 2. The van der Waals surface area contributed by atoms with Gasteiger partial charge in [-0.3, -0.25) is 9.59 Å². The summed E-state index contributed by atoms with van der Waals surface area (Å²) in [6.45, 7) is 4.73. The zero-order valence-corrected chi connectivity index (χ0v) is 16.2. The second-order valence-corrected chi connectivity index (χ2v) is 7.24. The summed E-state index contributed by atoms with van der Waals surface area (Å²) >= 11 is 0. The average molecular weight is 370 g/mol. The maximum absolute atomic E-state index is 12.7. The highest BCUT2D eigenvalue weighted by atomic mass is 16.2. The van der Waals surface area contributed by atoms with E-state index in [2.05, 4.69) is 14.9 Å². The van der Waals surface area contributed by atoms with Crippen molar-refractivity contribution in [3.8, 4) is 0 Å². The molecular formula is C21H30N4O2. The van der Waals surface area contributed by atoms with Crippen molar-refractivity contribution >= 4 is 22.8 Å². The highest BCUT2D eigenvalue weighted by Gasteiger charge is 2.17. The average Bonchev–Trinajstić information content (AvgIpc) is 2.83. The standard InChI is InChI=1S/C21H30N4O2/c1-2-9-20(26)22-16-19-23-17-10-5-6-11-18(17)25(19)15-12-21(27)24-13-7-3-4-8-14-24/h5-6,10-11H,2-4,7-9,12-16H2,1H3,(H,22,26). The number of amides is 2. The molecule has 0 spiro atoms. The number of rotatable bonds is 7. The Balaban J connectivity index is 1.70. The third kappa shape index (κ3) is 5.08. The van der Waals surface area contributed by atoms with Crippen molar-refractivity contribution < 1.29 is 9.59 Å². The van der Waals surface area contributed by atoms with Crippen LogP contribution in [0.25, 0.3) is 11.0 Å². The molecule has 146 valence electrons. The number of aromatic nitrogens is 2. The van der Waals surface area contributed by atoms with Gasteiger partial charge in [0.2, 0.25) is 11.8 Å². The molecule has 0 atom stereocenters. The Morgan fingerprint density at radius 1 is 1.07 bits per heavy atom. The van der Waals surface area contributed by atoms with Crippen LogP contribution in [0.2, 0.25) is 0 Å². The van der Waals surface area contributed by atoms with Crippen LogP contribution < -0.4 is 5.32 Å². The minimum absolute atomic E-state index is 0.0387. The summed E-state index contributed by atoms with van der Waals surface area (Å²) in [4.78, 5) is 31.2. The van der Waals surface area contributed by atoms with Crippen molar-refractivity contribution in [2.45, 2.75) is 65.0 Å². The number of fused-ring (bicyclic) bond motifs is 1. The third-order valence-corrected chi connectivity index (χ3v) is 5.16. The molecule has 0 saturated carbocycles. The van der Waals surface area contributed by atoms with E-state index in [-0.39, 0.29) is 11.8 Å². The molecule has 27 heavy (non-hydrogen) atoms. The maximum Gasteiger partial charge on any atom is 0.224 e. The molecule has 6 heteroatoms. The molecule has 2 heterocycles. The molecule has 1 aromatic carbocycles. The third-order valence-electron chi connectivity index (χ3n) is 5.16. The maximum atomic E-state index is 12.7. The van der Waals surface area contributed by atoms with Gasteiger partial charge >= 0.3 is 0 Å². The Morgan fingerprint density at radius 2 is 1.81 bits per heavy atom. The first-order valence-corrected chi connectivity index (χ1v) is 10.2. The number of nitrogens with zero attached hydrogens (tertiary/aromatic N) is 3. The number of nitrogens with one attached hydrogen (secondary N) is 1. The number of likely N-dealkylation sites (tertiary alicyclic amines) is 1. The molecule has 1 aliphatic heterocycles. The Morgan fingerprint density at radius 3 is 2.56 bits per heavy atom. The van der Waals surface area contributed by atoms with Gasteiger partial charge in [0.25, 0.3) is 0 Å². The lowest BCUT2D eigenvalue weighted by atomic mass is 10.2. The van der Waals surface area contributed by atoms with E-state index in [0.717, 1.165) is 49.2 Å². The smallest absolute Gasteiger partial charge is 0.224 e. The fraction of sp³-hybridized carbons (Fsp3) is 0.571. The van der Waals surface area contributed by atoms with Crippen molar-refractivity contribution in [1.82, 2.24) is 19.8 Å². The van der Waals surface area contributed by atoms with E-state index >= 15 is 0 Å². The molecule has 3 rings (SSSR count). The topological polar surface area (TPSA) is 67.2 Å². The highest BCUT2D eigenvalue weighted by Crippen LogP contribution is 2.18. The summed E-state index contributed by atoms with van der Waals surface area (Å²) in [5.74, 6) is 1.07. The lowest BCUT2D eigenvalue weighted by molar-refractivity contribution is -0.131. The zero-order chi connectivity index (χ0) is 19.1. The minimum atomic E-state index is 0.0387. The van der Waals surface area contributed by atoms with Gasteiger partial charge in [-0.05, 0) is 31.4 Å². The first kappa shape index (κ1) is 19.4. The fourth-order valence-corrected chi connectivity index (χ4v) is 3.69. The Kier molecular flexibility index (Phi) is 6.85. The van der Waals surface area contributed by atoms with Gasteiger partial charge in [0.15, 0.2) is 0 Å². The van der Waals surface area contributed by atoms with Gasteiger partial charge in [0, 0.05) is 32.5 Å². The number of benzene rings is 1. The molecular weight excluding hydrogens is 340 g/mol. The molecule has 0 unspecified atom stereocenters. The summed E-state index contributed by atoms with van der Waals surface area (Å²) < 4.78 is 2.08. The van der Waals surface area contributed by atoms with Gasteiger partial charge in [-0.2, -0.15) is 0 Å². The van der Waals surface area contributed by atoms with Crippen LogP contribution in [0.3, 0.4) is 0 Å². The van der Waals surface area contributed by atoms with Crippen LogP contribution in [0.5, 0.6) is 0 Å². The molecule has 1 N–H and O–H groups in total. The Labute approximate surface area is 160 Å². The van der Waals surface area contributed by atoms with Crippen molar-refractivity contribution in [2.75, 3.05) is 13.1 Å². The minimum Gasteiger partial charge on any atom is -0.349 e. The lowest BCUT2D eigenvalue weighted by Gasteiger charge is -2.20. The predicted octanol–water partition coefficient (Wildman–Crippen LogP) is 3.25. The van der Waals surface area contributed by atoms with E-state index in [1.165, 1.54) is 12.8 Å². The monoisotopic (exact) mass is 370 g/mol.